The van der Waals surface area contributed by atoms with Crippen molar-refractivity contribution in [2.45, 2.75) is 18.8 Å². The van der Waals surface area contributed by atoms with Gasteiger partial charge in [0.05, 0.1) is 23.8 Å². The van der Waals surface area contributed by atoms with E-state index in [1.54, 1.807) is 18.6 Å². The van der Waals surface area contributed by atoms with E-state index >= 15 is 0 Å². The van der Waals surface area contributed by atoms with Crippen LogP contribution < -0.4 is 0 Å². The van der Waals surface area contributed by atoms with Crippen molar-refractivity contribution >= 4 is 17.5 Å². The lowest BCUT2D eigenvalue weighted by atomic mass is 9.94. The molecule has 1 fully saturated rings. The molecule has 0 bridgehead atoms. The Morgan fingerprint density at radius 3 is 2.89 bits per heavy atom. The van der Waals surface area contributed by atoms with Crippen LogP contribution in [0.5, 0.6) is 0 Å². The monoisotopic (exact) mass is 379 g/mol. The van der Waals surface area contributed by atoms with E-state index in [9.17, 15) is 4.79 Å². The summed E-state index contributed by atoms with van der Waals surface area (Å²) in [6, 6.07) is 7.57. The fourth-order valence-corrected chi connectivity index (χ4v) is 3.53. The molecule has 1 aromatic carbocycles. The van der Waals surface area contributed by atoms with Gasteiger partial charge in [0.25, 0.3) is 5.91 Å². The Balaban J connectivity index is 1.55. The van der Waals surface area contributed by atoms with Crippen LogP contribution in [-0.4, -0.2) is 43.8 Å². The summed E-state index contributed by atoms with van der Waals surface area (Å²) in [5, 5.41) is 0.665. The first-order valence-electron chi connectivity index (χ1n) is 8.84. The number of hydrogen-bond donors (Lipinski definition) is 0. The first-order chi connectivity index (χ1) is 13.2. The lowest BCUT2D eigenvalue weighted by Gasteiger charge is -2.32. The molecule has 1 atom stereocenters. The van der Waals surface area contributed by atoms with Crippen LogP contribution in [0.15, 0.2) is 55.2 Å². The van der Waals surface area contributed by atoms with Crippen LogP contribution in [0.4, 0.5) is 0 Å². The summed E-state index contributed by atoms with van der Waals surface area (Å²) in [5.41, 5.74) is 2.98. The molecule has 27 heavy (non-hydrogen) atoms. The first kappa shape index (κ1) is 17.5. The highest BCUT2D eigenvalue weighted by Gasteiger charge is 2.27. The van der Waals surface area contributed by atoms with Crippen LogP contribution in [0.25, 0.3) is 11.3 Å². The maximum Gasteiger partial charge on any atom is 0.274 e. The van der Waals surface area contributed by atoms with Crippen molar-refractivity contribution in [3.63, 3.8) is 0 Å². The Morgan fingerprint density at radius 1 is 1.15 bits per heavy atom. The SMILES string of the molecule is O=C(c1cnccn1)N1CCC[C@@H](c2cncc(-c3cccc(Cl)c3)n2)C1. The smallest absolute Gasteiger partial charge is 0.274 e. The molecule has 0 aliphatic carbocycles. The minimum Gasteiger partial charge on any atom is -0.337 e. The average molecular weight is 380 g/mol. The average Bonchev–Trinajstić information content (AvgIpc) is 2.74. The lowest BCUT2D eigenvalue weighted by molar-refractivity contribution is 0.0699. The Morgan fingerprint density at radius 2 is 2.07 bits per heavy atom. The third kappa shape index (κ3) is 3.95. The quantitative estimate of drug-likeness (QED) is 0.695. The Kier molecular flexibility index (Phi) is 5.07. The number of benzene rings is 1. The van der Waals surface area contributed by atoms with Crippen molar-refractivity contribution in [3.8, 4) is 11.3 Å². The largest absolute Gasteiger partial charge is 0.337 e. The van der Waals surface area contributed by atoms with E-state index in [4.69, 9.17) is 16.6 Å². The Hall–Kier alpha value is -2.86. The highest BCUT2D eigenvalue weighted by atomic mass is 35.5. The molecule has 0 saturated carbocycles. The van der Waals surface area contributed by atoms with Gasteiger partial charge in [0.2, 0.25) is 0 Å². The Labute approximate surface area is 162 Å². The van der Waals surface area contributed by atoms with Gasteiger partial charge in [0.1, 0.15) is 5.69 Å². The van der Waals surface area contributed by atoms with E-state index in [1.807, 2.05) is 29.2 Å². The zero-order valence-corrected chi connectivity index (χ0v) is 15.4. The van der Waals surface area contributed by atoms with E-state index in [0.717, 1.165) is 29.8 Å². The molecule has 3 aromatic rings. The van der Waals surface area contributed by atoms with Gasteiger partial charge in [-0.15, -0.1) is 0 Å². The van der Waals surface area contributed by atoms with E-state index in [-0.39, 0.29) is 11.8 Å². The molecule has 2 aromatic heterocycles. The van der Waals surface area contributed by atoms with Crippen molar-refractivity contribution < 1.29 is 4.79 Å². The number of aromatic nitrogens is 4. The molecule has 136 valence electrons. The van der Waals surface area contributed by atoms with Gasteiger partial charge >= 0.3 is 0 Å². The van der Waals surface area contributed by atoms with Crippen molar-refractivity contribution in [2.75, 3.05) is 13.1 Å². The van der Waals surface area contributed by atoms with Gasteiger partial charge in [-0.3, -0.25) is 14.8 Å². The molecule has 1 aliphatic rings. The summed E-state index contributed by atoms with van der Waals surface area (Å²) in [4.78, 5) is 31.8. The second kappa shape index (κ2) is 7.80. The van der Waals surface area contributed by atoms with Gasteiger partial charge in [-0.25, -0.2) is 9.97 Å². The van der Waals surface area contributed by atoms with Crippen LogP contribution in [0.3, 0.4) is 0 Å². The number of piperidine rings is 1. The third-order valence-corrected chi connectivity index (χ3v) is 4.92. The summed E-state index contributed by atoms with van der Waals surface area (Å²) >= 11 is 6.09. The van der Waals surface area contributed by atoms with Crippen molar-refractivity contribution in [1.29, 1.82) is 0 Å². The van der Waals surface area contributed by atoms with E-state index in [2.05, 4.69) is 15.0 Å². The molecule has 0 spiro atoms. The summed E-state index contributed by atoms with van der Waals surface area (Å²) in [6.45, 7) is 1.32. The summed E-state index contributed by atoms with van der Waals surface area (Å²) in [5.74, 6) is 0.0535. The van der Waals surface area contributed by atoms with Gasteiger partial charge in [-0.05, 0) is 25.0 Å². The molecular formula is C20H18ClN5O. The van der Waals surface area contributed by atoms with Gasteiger partial charge in [-0.2, -0.15) is 0 Å². The fraction of sp³-hybridized carbons (Fsp3) is 0.250. The Bertz CT molecular complexity index is 950. The molecule has 0 radical (unpaired) electrons. The van der Waals surface area contributed by atoms with Gasteiger partial charge in [0.15, 0.2) is 0 Å². The van der Waals surface area contributed by atoms with Crippen LogP contribution in [0, 0.1) is 0 Å². The van der Waals surface area contributed by atoms with Crippen molar-refractivity contribution in [3.05, 3.63) is 71.7 Å². The number of nitrogens with zero attached hydrogens (tertiary/aromatic N) is 5. The van der Waals surface area contributed by atoms with E-state index < -0.39 is 0 Å². The van der Waals surface area contributed by atoms with Crippen LogP contribution in [0.1, 0.15) is 34.9 Å². The molecule has 3 heterocycles. The molecular weight excluding hydrogens is 362 g/mol. The highest BCUT2D eigenvalue weighted by molar-refractivity contribution is 6.30. The number of hydrogen-bond acceptors (Lipinski definition) is 5. The van der Waals surface area contributed by atoms with E-state index in [0.29, 0.717) is 23.8 Å². The second-order valence-electron chi connectivity index (χ2n) is 6.52. The lowest BCUT2D eigenvalue weighted by Crippen LogP contribution is -2.39. The standard InChI is InChI=1S/C20H18ClN5O/c21-16-5-1-3-14(9-16)17-10-23-11-18(25-17)15-4-2-8-26(13-15)20(27)19-12-22-6-7-24-19/h1,3,5-7,9-12,15H,2,4,8,13H2/t15-/m1/s1. The molecule has 4 rings (SSSR count). The minimum atomic E-state index is -0.0910. The van der Waals surface area contributed by atoms with Gasteiger partial charge in [-0.1, -0.05) is 23.7 Å². The molecule has 0 N–H and O–H groups in total. The predicted molar refractivity (Wildman–Crippen MR) is 102 cm³/mol. The third-order valence-electron chi connectivity index (χ3n) is 4.68. The van der Waals surface area contributed by atoms with Gasteiger partial charge in [0, 0.05) is 48.2 Å². The topological polar surface area (TPSA) is 71.9 Å². The minimum absolute atomic E-state index is 0.0910. The first-order valence-corrected chi connectivity index (χ1v) is 9.21. The zero-order chi connectivity index (χ0) is 18.6. The van der Waals surface area contributed by atoms with Crippen molar-refractivity contribution in [1.82, 2.24) is 24.8 Å². The van der Waals surface area contributed by atoms with Gasteiger partial charge < -0.3 is 4.90 Å². The predicted octanol–water partition coefficient (Wildman–Crippen LogP) is 3.61. The molecule has 6 nitrogen and oxygen atoms in total. The normalized spacial score (nSPS) is 16.9. The number of halogens is 1. The molecule has 1 amide bonds. The second-order valence-corrected chi connectivity index (χ2v) is 6.96. The number of carbonyl (C=O) groups excluding carboxylic acids is 1. The molecule has 0 unspecified atom stereocenters. The zero-order valence-electron chi connectivity index (χ0n) is 14.6. The van der Waals surface area contributed by atoms with Crippen LogP contribution >= 0.6 is 11.6 Å². The number of rotatable bonds is 3. The van der Waals surface area contributed by atoms with Crippen LogP contribution in [0.2, 0.25) is 5.02 Å². The molecule has 1 aliphatic heterocycles. The number of amides is 1. The maximum absolute atomic E-state index is 12.7. The molecule has 7 heteroatoms. The van der Waals surface area contributed by atoms with Crippen molar-refractivity contribution in [2.24, 2.45) is 0 Å². The van der Waals surface area contributed by atoms with E-state index in [1.165, 1.54) is 12.4 Å². The summed E-state index contributed by atoms with van der Waals surface area (Å²) in [7, 11) is 0. The fourth-order valence-electron chi connectivity index (χ4n) is 3.34. The molecule has 1 saturated heterocycles. The number of carbonyl (C=O) groups is 1. The summed E-state index contributed by atoms with van der Waals surface area (Å²) < 4.78 is 0. The van der Waals surface area contributed by atoms with Crippen LogP contribution in [-0.2, 0) is 0 Å². The maximum atomic E-state index is 12.7. The number of likely N-dealkylation sites (tertiary alicyclic amines) is 1. The summed E-state index contributed by atoms with van der Waals surface area (Å²) in [6.07, 6.45) is 10.0. The highest BCUT2D eigenvalue weighted by Crippen LogP contribution is 2.28.